The molecule has 0 aliphatic carbocycles. The molecule has 0 bridgehead atoms. The van der Waals surface area contributed by atoms with Gasteiger partial charge < -0.3 is 19.5 Å². The van der Waals surface area contributed by atoms with Gasteiger partial charge in [-0.1, -0.05) is 23.2 Å². The van der Waals surface area contributed by atoms with Gasteiger partial charge in [-0.15, -0.1) is 0 Å². The van der Waals surface area contributed by atoms with Crippen molar-refractivity contribution in [3.8, 4) is 17.2 Å². The third-order valence-corrected chi connectivity index (χ3v) is 3.30. The number of hydrogen-bond donors (Lipinski definition) is 1. The Labute approximate surface area is 136 Å². The summed E-state index contributed by atoms with van der Waals surface area (Å²) < 4.78 is 15.8. The third kappa shape index (κ3) is 3.55. The van der Waals surface area contributed by atoms with Crippen LogP contribution < -0.4 is 19.5 Å². The number of carbonyl (C=O) groups is 1. The molecule has 0 saturated heterocycles. The summed E-state index contributed by atoms with van der Waals surface area (Å²) in [5.41, 5.74) is 0.599. The molecule has 3 rings (SSSR count). The van der Waals surface area contributed by atoms with Crippen molar-refractivity contribution in [3.05, 3.63) is 46.4 Å². The molecule has 1 aliphatic rings. The molecule has 1 N–H and O–H groups in total. The standard InChI is InChI=1S/C15H11Cl2NO4/c16-9-3-10(17)5-12(4-9)20-7-15(19)18-11-1-2-13-14(6-11)22-8-21-13/h1-6H,7-8H2,(H,18,19). The van der Waals surface area contributed by atoms with E-state index in [0.717, 1.165) is 0 Å². The third-order valence-electron chi connectivity index (χ3n) is 2.86. The first kappa shape index (κ1) is 14.8. The highest BCUT2D eigenvalue weighted by molar-refractivity contribution is 6.34. The van der Waals surface area contributed by atoms with Crippen LogP contribution in [0.5, 0.6) is 17.2 Å². The number of fused-ring (bicyclic) bond motifs is 1. The molecule has 2 aromatic carbocycles. The summed E-state index contributed by atoms with van der Waals surface area (Å²) in [6.45, 7) is 0.0243. The topological polar surface area (TPSA) is 56.8 Å². The predicted octanol–water partition coefficient (Wildman–Crippen LogP) is 3.74. The summed E-state index contributed by atoms with van der Waals surface area (Å²) in [5.74, 6) is 1.37. The van der Waals surface area contributed by atoms with Crippen molar-refractivity contribution < 1.29 is 19.0 Å². The monoisotopic (exact) mass is 339 g/mol. The van der Waals surface area contributed by atoms with Gasteiger partial charge in [-0.2, -0.15) is 0 Å². The van der Waals surface area contributed by atoms with Crippen LogP contribution in [0.15, 0.2) is 36.4 Å². The van der Waals surface area contributed by atoms with Gasteiger partial charge in [-0.3, -0.25) is 4.79 Å². The van der Waals surface area contributed by atoms with Crippen molar-refractivity contribution in [2.75, 3.05) is 18.7 Å². The molecule has 5 nitrogen and oxygen atoms in total. The maximum absolute atomic E-state index is 11.9. The molecule has 1 aliphatic heterocycles. The Bertz CT molecular complexity index is 700. The van der Waals surface area contributed by atoms with Crippen molar-refractivity contribution in [1.82, 2.24) is 0 Å². The molecule has 0 radical (unpaired) electrons. The second-order valence-electron chi connectivity index (χ2n) is 4.51. The average molecular weight is 340 g/mol. The highest BCUT2D eigenvalue weighted by Gasteiger charge is 2.14. The summed E-state index contributed by atoms with van der Waals surface area (Å²) in [6.07, 6.45) is 0. The lowest BCUT2D eigenvalue weighted by molar-refractivity contribution is -0.118. The maximum Gasteiger partial charge on any atom is 0.262 e. The van der Waals surface area contributed by atoms with Crippen LogP contribution in [0.25, 0.3) is 0 Å². The lowest BCUT2D eigenvalue weighted by Crippen LogP contribution is -2.20. The fourth-order valence-corrected chi connectivity index (χ4v) is 2.44. The Morgan fingerprint density at radius 2 is 1.82 bits per heavy atom. The molecule has 1 heterocycles. The molecule has 0 fully saturated rings. The van der Waals surface area contributed by atoms with E-state index in [-0.39, 0.29) is 19.3 Å². The maximum atomic E-state index is 11.9. The van der Waals surface area contributed by atoms with E-state index in [1.165, 1.54) is 0 Å². The average Bonchev–Trinajstić information content (AvgIpc) is 2.92. The quantitative estimate of drug-likeness (QED) is 0.921. The number of hydrogen-bond acceptors (Lipinski definition) is 4. The Kier molecular flexibility index (Phi) is 4.27. The van der Waals surface area contributed by atoms with Crippen molar-refractivity contribution in [3.63, 3.8) is 0 Å². The molecular formula is C15H11Cl2NO4. The van der Waals surface area contributed by atoms with Crippen LogP contribution in [-0.4, -0.2) is 19.3 Å². The molecule has 0 atom stereocenters. The zero-order chi connectivity index (χ0) is 15.5. The van der Waals surface area contributed by atoms with E-state index < -0.39 is 0 Å². The molecule has 0 saturated carbocycles. The molecule has 2 aromatic rings. The summed E-state index contributed by atoms with van der Waals surface area (Å²) in [5, 5.41) is 3.59. The Hall–Kier alpha value is -2.11. The first-order valence-corrected chi connectivity index (χ1v) is 7.14. The summed E-state index contributed by atoms with van der Waals surface area (Å²) in [4.78, 5) is 11.9. The zero-order valence-electron chi connectivity index (χ0n) is 11.3. The first-order chi connectivity index (χ1) is 10.6. The Morgan fingerprint density at radius 1 is 1.09 bits per heavy atom. The van der Waals surface area contributed by atoms with Gasteiger partial charge in [0.15, 0.2) is 18.1 Å². The number of anilines is 1. The lowest BCUT2D eigenvalue weighted by Gasteiger charge is -2.08. The minimum Gasteiger partial charge on any atom is -0.484 e. The van der Waals surface area contributed by atoms with Crippen LogP contribution in [0.4, 0.5) is 5.69 Å². The van der Waals surface area contributed by atoms with E-state index in [9.17, 15) is 4.79 Å². The van der Waals surface area contributed by atoms with Gasteiger partial charge in [0.1, 0.15) is 5.75 Å². The van der Waals surface area contributed by atoms with Crippen molar-refractivity contribution in [1.29, 1.82) is 0 Å². The van der Waals surface area contributed by atoms with E-state index in [0.29, 0.717) is 33.0 Å². The fourth-order valence-electron chi connectivity index (χ4n) is 1.93. The Morgan fingerprint density at radius 3 is 2.59 bits per heavy atom. The number of carbonyl (C=O) groups excluding carboxylic acids is 1. The number of ether oxygens (including phenoxy) is 3. The molecular weight excluding hydrogens is 329 g/mol. The van der Waals surface area contributed by atoms with Gasteiger partial charge in [0.25, 0.3) is 5.91 Å². The second-order valence-corrected chi connectivity index (χ2v) is 5.38. The van der Waals surface area contributed by atoms with Gasteiger partial charge in [0, 0.05) is 21.8 Å². The minimum absolute atomic E-state index is 0.162. The number of nitrogens with one attached hydrogen (secondary N) is 1. The van der Waals surface area contributed by atoms with E-state index in [4.69, 9.17) is 37.4 Å². The molecule has 7 heteroatoms. The number of halogens is 2. The van der Waals surface area contributed by atoms with Crippen molar-refractivity contribution in [2.45, 2.75) is 0 Å². The van der Waals surface area contributed by atoms with E-state index >= 15 is 0 Å². The number of rotatable bonds is 4. The van der Waals surface area contributed by atoms with Gasteiger partial charge in [0.05, 0.1) is 0 Å². The van der Waals surface area contributed by atoms with Gasteiger partial charge in [-0.25, -0.2) is 0 Å². The van der Waals surface area contributed by atoms with Crippen LogP contribution in [0, 0.1) is 0 Å². The summed E-state index contributed by atoms with van der Waals surface area (Å²) in [7, 11) is 0. The highest BCUT2D eigenvalue weighted by Crippen LogP contribution is 2.34. The van der Waals surface area contributed by atoms with E-state index in [1.807, 2.05) is 0 Å². The minimum atomic E-state index is -0.310. The zero-order valence-corrected chi connectivity index (χ0v) is 12.8. The van der Waals surface area contributed by atoms with Crippen LogP contribution in [0.3, 0.4) is 0 Å². The van der Waals surface area contributed by atoms with Crippen molar-refractivity contribution >= 4 is 34.8 Å². The number of benzene rings is 2. The largest absolute Gasteiger partial charge is 0.484 e. The molecule has 0 unspecified atom stereocenters. The second kappa shape index (κ2) is 6.34. The highest BCUT2D eigenvalue weighted by atomic mass is 35.5. The number of amides is 1. The lowest BCUT2D eigenvalue weighted by atomic mass is 10.3. The first-order valence-electron chi connectivity index (χ1n) is 6.38. The van der Waals surface area contributed by atoms with Crippen LogP contribution in [0.2, 0.25) is 10.0 Å². The normalized spacial score (nSPS) is 12.1. The van der Waals surface area contributed by atoms with Crippen molar-refractivity contribution in [2.24, 2.45) is 0 Å². The summed E-state index contributed by atoms with van der Waals surface area (Å²) >= 11 is 11.7. The summed E-state index contributed by atoms with van der Waals surface area (Å²) in [6, 6.07) is 9.90. The van der Waals surface area contributed by atoms with E-state index in [2.05, 4.69) is 5.32 Å². The molecule has 22 heavy (non-hydrogen) atoms. The SMILES string of the molecule is O=C(COc1cc(Cl)cc(Cl)c1)Nc1ccc2c(c1)OCO2. The van der Waals surface area contributed by atoms with Gasteiger partial charge >= 0.3 is 0 Å². The van der Waals surface area contributed by atoms with Gasteiger partial charge in [0.2, 0.25) is 6.79 Å². The molecule has 114 valence electrons. The van der Waals surface area contributed by atoms with Gasteiger partial charge in [-0.05, 0) is 30.3 Å². The fraction of sp³-hybridized carbons (Fsp3) is 0.133. The predicted molar refractivity (Wildman–Crippen MR) is 83.2 cm³/mol. The van der Waals surface area contributed by atoms with E-state index in [1.54, 1.807) is 36.4 Å². The van der Waals surface area contributed by atoms with Crippen LogP contribution in [0.1, 0.15) is 0 Å². The molecule has 0 aromatic heterocycles. The van der Waals surface area contributed by atoms with Crippen LogP contribution in [-0.2, 0) is 4.79 Å². The molecule has 1 amide bonds. The smallest absolute Gasteiger partial charge is 0.262 e. The Balaban J connectivity index is 1.58. The van der Waals surface area contributed by atoms with Crippen LogP contribution >= 0.6 is 23.2 Å². The molecule has 0 spiro atoms.